The van der Waals surface area contributed by atoms with E-state index < -0.39 is 17.8 Å². The number of alkyl halides is 3. The third-order valence-electron chi connectivity index (χ3n) is 3.74. The zero-order chi connectivity index (χ0) is 19.6. The summed E-state index contributed by atoms with van der Waals surface area (Å²) in [6, 6.07) is 9.04. The third kappa shape index (κ3) is 4.30. The minimum Gasteiger partial charge on any atom is -0.359 e. The molecule has 1 N–H and O–H groups in total. The SMILES string of the molecule is Cc1nc(C(F)(F)F)ccc1C(=O)NCc1cc(-c2ccc(F)cc2)no1. The van der Waals surface area contributed by atoms with Gasteiger partial charge in [-0.1, -0.05) is 5.16 Å². The van der Waals surface area contributed by atoms with Crippen LogP contribution in [0, 0.1) is 12.7 Å². The van der Waals surface area contributed by atoms with E-state index in [1.807, 2.05) is 0 Å². The van der Waals surface area contributed by atoms with Crippen molar-refractivity contribution in [2.75, 3.05) is 0 Å². The fourth-order valence-corrected chi connectivity index (χ4v) is 2.37. The van der Waals surface area contributed by atoms with Gasteiger partial charge in [-0.05, 0) is 43.3 Å². The lowest BCUT2D eigenvalue weighted by molar-refractivity contribution is -0.141. The standard InChI is InChI=1S/C18H13F4N3O2/c1-10-14(6-7-16(24-10)18(20,21)22)17(26)23-9-13-8-15(25-27-13)11-2-4-12(19)5-3-11/h2-8H,9H2,1H3,(H,23,26). The molecule has 9 heteroatoms. The molecule has 0 spiro atoms. The molecular formula is C18H13F4N3O2. The monoisotopic (exact) mass is 379 g/mol. The van der Waals surface area contributed by atoms with Gasteiger partial charge in [-0.15, -0.1) is 0 Å². The maximum atomic E-state index is 12.9. The van der Waals surface area contributed by atoms with E-state index in [-0.39, 0.29) is 23.6 Å². The van der Waals surface area contributed by atoms with Gasteiger partial charge >= 0.3 is 6.18 Å². The van der Waals surface area contributed by atoms with Gasteiger partial charge in [-0.25, -0.2) is 9.37 Å². The first kappa shape index (κ1) is 18.6. The molecule has 140 valence electrons. The summed E-state index contributed by atoms with van der Waals surface area (Å²) in [6.45, 7) is 1.30. The van der Waals surface area contributed by atoms with Gasteiger partial charge in [0.1, 0.15) is 17.2 Å². The summed E-state index contributed by atoms with van der Waals surface area (Å²) in [5.41, 5.74) is 0.0380. The van der Waals surface area contributed by atoms with E-state index >= 15 is 0 Å². The van der Waals surface area contributed by atoms with Crippen LogP contribution in [-0.2, 0) is 12.7 Å². The normalized spacial score (nSPS) is 11.4. The number of hydrogen-bond acceptors (Lipinski definition) is 4. The largest absolute Gasteiger partial charge is 0.433 e. The molecule has 0 unspecified atom stereocenters. The van der Waals surface area contributed by atoms with Crippen molar-refractivity contribution in [3.63, 3.8) is 0 Å². The van der Waals surface area contributed by atoms with Crippen molar-refractivity contribution < 1.29 is 26.9 Å². The quantitative estimate of drug-likeness (QED) is 0.692. The van der Waals surface area contributed by atoms with Gasteiger partial charge in [0.25, 0.3) is 5.91 Å². The molecule has 0 aliphatic rings. The molecule has 3 rings (SSSR count). The number of aryl methyl sites for hydroxylation is 1. The number of nitrogens with one attached hydrogen (secondary N) is 1. The van der Waals surface area contributed by atoms with Crippen LogP contribution in [0.1, 0.15) is 27.5 Å². The maximum Gasteiger partial charge on any atom is 0.433 e. The molecule has 0 saturated carbocycles. The number of aromatic nitrogens is 2. The fraction of sp³-hybridized carbons (Fsp3) is 0.167. The number of amides is 1. The van der Waals surface area contributed by atoms with Crippen LogP contribution in [0.25, 0.3) is 11.3 Å². The number of hydrogen-bond donors (Lipinski definition) is 1. The van der Waals surface area contributed by atoms with Gasteiger partial charge in [0, 0.05) is 11.6 Å². The van der Waals surface area contributed by atoms with Gasteiger partial charge < -0.3 is 9.84 Å². The number of halogens is 4. The first-order valence-corrected chi connectivity index (χ1v) is 7.78. The molecule has 2 heterocycles. The van der Waals surface area contributed by atoms with E-state index in [1.54, 1.807) is 6.07 Å². The predicted molar refractivity (Wildman–Crippen MR) is 87.0 cm³/mol. The highest BCUT2D eigenvalue weighted by Gasteiger charge is 2.33. The van der Waals surface area contributed by atoms with Crippen molar-refractivity contribution in [1.82, 2.24) is 15.5 Å². The Morgan fingerprint density at radius 2 is 1.85 bits per heavy atom. The molecule has 0 aliphatic carbocycles. The molecule has 0 saturated heterocycles. The summed E-state index contributed by atoms with van der Waals surface area (Å²) >= 11 is 0. The van der Waals surface area contributed by atoms with E-state index in [2.05, 4.69) is 15.5 Å². The summed E-state index contributed by atoms with van der Waals surface area (Å²) in [6.07, 6.45) is -4.57. The van der Waals surface area contributed by atoms with Gasteiger partial charge in [-0.2, -0.15) is 13.2 Å². The molecule has 0 radical (unpaired) electrons. The Bertz CT molecular complexity index is 965. The summed E-state index contributed by atoms with van der Waals surface area (Å²) in [7, 11) is 0. The van der Waals surface area contributed by atoms with Crippen LogP contribution in [0.2, 0.25) is 0 Å². The van der Waals surface area contributed by atoms with E-state index in [4.69, 9.17) is 4.52 Å². The molecule has 2 aromatic heterocycles. The number of pyridine rings is 1. The molecular weight excluding hydrogens is 366 g/mol. The zero-order valence-corrected chi connectivity index (χ0v) is 14.0. The van der Waals surface area contributed by atoms with E-state index in [0.29, 0.717) is 17.0 Å². The lowest BCUT2D eigenvalue weighted by Gasteiger charge is -2.09. The lowest BCUT2D eigenvalue weighted by Crippen LogP contribution is -2.24. The van der Waals surface area contributed by atoms with Crippen LogP contribution in [0.4, 0.5) is 17.6 Å². The number of nitrogens with zero attached hydrogens (tertiary/aromatic N) is 2. The Labute approximate surface area is 151 Å². The van der Waals surface area contributed by atoms with Crippen molar-refractivity contribution in [3.8, 4) is 11.3 Å². The average Bonchev–Trinajstić information content (AvgIpc) is 3.08. The highest BCUT2D eigenvalue weighted by atomic mass is 19.4. The highest BCUT2D eigenvalue weighted by Crippen LogP contribution is 2.28. The molecule has 3 aromatic rings. The molecule has 1 aromatic carbocycles. The molecule has 1 amide bonds. The lowest BCUT2D eigenvalue weighted by atomic mass is 10.1. The van der Waals surface area contributed by atoms with Crippen molar-refractivity contribution in [2.45, 2.75) is 19.6 Å². The topological polar surface area (TPSA) is 68.0 Å². The van der Waals surface area contributed by atoms with Gasteiger partial charge in [0.2, 0.25) is 0 Å². The Hall–Kier alpha value is -3.23. The van der Waals surface area contributed by atoms with Crippen LogP contribution < -0.4 is 5.32 Å². The van der Waals surface area contributed by atoms with Gasteiger partial charge in [0.15, 0.2) is 5.76 Å². The van der Waals surface area contributed by atoms with Crippen molar-refractivity contribution in [1.29, 1.82) is 0 Å². The van der Waals surface area contributed by atoms with Crippen molar-refractivity contribution >= 4 is 5.91 Å². The first-order valence-electron chi connectivity index (χ1n) is 7.78. The van der Waals surface area contributed by atoms with Crippen LogP contribution in [-0.4, -0.2) is 16.0 Å². The second kappa shape index (κ2) is 7.18. The third-order valence-corrected chi connectivity index (χ3v) is 3.74. The molecule has 5 nitrogen and oxygen atoms in total. The van der Waals surface area contributed by atoms with E-state index in [0.717, 1.165) is 12.1 Å². The Morgan fingerprint density at radius 3 is 2.48 bits per heavy atom. The van der Waals surface area contributed by atoms with E-state index in [9.17, 15) is 22.4 Å². The molecule has 0 fully saturated rings. The minimum absolute atomic E-state index is 0.0203. The summed E-state index contributed by atoms with van der Waals surface area (Å²) in [5.74, 6) is -0.635. The molecule has 27 heavy (non-hydrogen) atoms. The fourth-order valence-electron chi connectivity index (χ4n) is 2.37. The molecule has 0 atom stereocenters. The predicted octanol–water partition coefficient (Wildman–Crippen LogP) is 4.13. The number of rotatable bonds is 4. The molecule has 0 bridgehead atoms. The Balaban J connectivity index is 1.67. The van der Waals surface area contributed by atoms with Crippen LogP contribution in [0.3, 0.4) is 0 Å². The zero-order valence-electron chi connectivity index (χ0n) is 14.0. The number of carbonyl (C=O) groups excluding carboxylic acids is 1. The first-order chi connectivity index (χ1) is 12.7. The highest BCUT2D eigenvalue weighted by molar-refractivity contribution is 5.95. The van der Waals surface area contributed by atoms with Crippen molar-refractivity contribution in [3.05, 3.63) is 71.0 Å². The second-order valence-corrected chi connectivity index (χ2v) is 5.70. The second-order valence-electron chi connectivity index (χ2n) is 5.70. The van der Waals surface area contributed by atoms with Crippen LogP contribution >= 0.6 is 0 Å². The minimum atomic E-state index is -4.57. The summed E-state index contributed by atoms with van der Waals surface area (Å²) in [5, 5.41) is 6.37. The van der Waals surface area contributed by atoms with Crippen molar-refractivity contribution in [2.24, 2.45) is 0 Å². The summed E-state index contributed by atoms with van der Waals surface area (Å²) in [4.78, 5) is 15.6. The average molecular weight is 379 g/mol. The summed E-state index contributed by atoms with van der Waals surface area (Å²) < 4.78 is 55.9. The molecule has 0 aliphatic heterocycles. The Morgan fingerprint density at radius 1 is 1.15 bits per heavy atom. The van der Waals surface area contributed by atoms with Crippen LogP contribution in [0.5, 0.6) is 0 Å². The van der Waals surface area contributed by atoms with Gasteiger partial charge in [0.05, 0.1) is 17.8 Å². The van der Waals surface area contributed by atoms with E-state index in [1.165, 1.54) is 31.2 Å². The maximum absolute atomic E-state index is 12.9. The number of carbonyl (C=O) groups is 1. The van der Waals surface area contributed by atoms with Gasteiger partial charge in [-0.3, -0.25) is 4.79 Å². The Kier molecular flexibility index (Phi) is 4.93. The number of benzene rings is 1. The van der Waals surface area contributed by atoms with Crippen LogP contribution in [0.15, 0.2) is 47.0 Å². The smallest absolute Gasteiger partial charge is 0.359 e.